The Kier molecular flexibility index (Phi) is 4.37. The number of likely N-dealkylation sites (tertiary alicyclic amines) is 1. The molecule has 1 saturated heterocycles. The van der Waals surface area contributed by atoms with Gasteiger partial charge in [0.2, 0.25) is 5.91 Å². The second kappa shape index (κ2) is 6.75. The fraction of sp³-hybridized carbons (Fsp3) is 0.524. The maximum absolute atomic E-state index is 13.3. The van der Waals surface area contributed by atoms with Crippen LogP contribution in [0.2, 0.25) is 0 Å². The van der Waals surface area contributed by atoms with E-state index in [2.05, 4.69) is 29.1 Å². The molecule has 9 heteroatoms. The molecule has 0 unspecified atom stereocenters. The average Bonchev–Trinajstić information content (AvgIpc) is 3.35. The van der Waals surface area contributed by atoms with Gasteiger partial charge in [0.1, 0.15) is 0 Å². The molecule has 5 rings (SSSR count). The first-order valence-corrected chi connectivity index (χ1v) is 11.1. The number of hydrogen-bond donors (Lipinski definition) is 2. The van der Waals surface area contributed by atoms with Crippen LogP contribution >= 0.6 is 11.3 Å². The van der Waals surface area contributed by atoms with Crippen LogP contribution in [0, 0.1) is 16.7 Å². The van der Waals surface area contributed by atoms with Gasteiger partial charge in [0.15, 0.2) is 5.82 Å². The lowest BCUT2D eigenvalue weighted by Gasteiger charge is -2.55. The van der Waals surface area contributed by atoms with E-state index in [0.29, 0.717) is 42.6 Å². The largest absolute Gasteiger partial charge is 0.396 e. The number of fused-ring (bicyclic) bond motifs is 2. The number of thiazole rings is 1. The van der Waals surface area contributed by atoms with Crippen molar-refractivity contribution in [1.29, 1.82) is 0 Å². The first-order valence-electron chi connectivity index (χ1n) is 10.1. The zero-order valence-electron chi connectivity index (χ0n) is 17.1. The van der Waals surface area contributed by atoms with Gasteiger partial charge in [-0.25, -0.2) is 9.97 Å². The smallest absolute Gasteiger partial charge is 0.255 e. The summed E-state index contributed by atoms with van der Waals surface area (Å²) in [5.74, 6) is 0.710. The predicted octanol–water partition coefficient (Wildman–Crippen LogP) is 1.98. The van der Waals surface area contributed by atoms with Gasteiger partial charge in [-0.2, -0.15) is 0 Å². The van der Waals surface area contributed by atoms with Gasteiger partial charge >= 0.3 is 0 Å². The lowest BCUT2D eigenvalue weighted by Crippen LogP contribution is -2.54. The molecule has 3 aliphatic rings. The van der Waals surface area contributed by atoms with Crippen molar-refractivity contribution < 1.29 is 14.7 Å². The summed E-state index contributed by atoms with van der Waals surface area (Å²) in [6.45, 7) is 6.23. The molecule has 2 atom stereocenters. The molecule has 4 heterocycles. The third-order valence-corrected chi connectivity index (χ3v) is 7.55. The summed E-state index contributed by atoms with van der Waals surface area (Å²) < 4.78 is 0. The molecule has 2 amide bonds. The first-order chi connectivity index (χ1) is 14.3. The normalized spacial score (nSPS) is 26.6. The zero-order valence-corrected chi connectivity index (χ0v) is 17.9. The maximum atomic E-state index is 13.3. The molecule has 0 bridgehead atoms. The third-order valence-electron chi connectivity index (χ3n) is 6.92. The quantitative estimate of drug-likeness (QED) is 0.774. The second-order valence-electron chi connectivity index (χ2n) is 9.33. The Balaban J connectivity index is 1.42. The Labute approximate surface area is 178 Å². The number of rotatable bonds is 4. The van der Waals surface area contributed by atoms with E-state index < -0.39 is 0 Å². The zero-order chi connectivity index (χ0) is 21.1. The van der Waals surface area contributed by atoms with Crippen molar-refractivity contribution in [3.63, 3.8) is 0 Å². The molecule has 2 aliphatic heterocycles. The highest BCUT2D eigenvalue weighted by molar-refractivity contribution is 7.07. The van der Waals surface area contributed by atoms with Crippen LogP contribution in [0.15, 0.2) is 23.2 Å². The van der Waals surface area contributed by atoms with Gasteiger partial charge in [-0.05, 0) is 23.8 Å². The molecule has 8 nitrogen and oxygen atoms in total. The van der Waals surface area contributed by atoms with Crippen LogP contribution < -0.4 is 10.2 Å². The molecule has 0 spiro atoms. The molecule has 158 valence electrons. The van der Waals surface area contributed by atoms with Crippen LogP contribution in [-0.4, -0.2) is 58.0 Å². The molecule has 2 fully saturated rings. The Hall–Kier alpha value is -2.52. The van der Waals surface area contributed by atoms with E-state index >= 15 is 0 Å². The summed E-state index contributed by atoms with van der Waals surface area (Å²) in [7, 11) is 0. The molecule has 0 radical (unpaired) electrons. The standard InChI is InChI=1S/C21H25N5O3S/c1-20(2)9-21(11-27)10-25(7-16(20)21)19(29)13-3-15-18(22-4-13)23-5-17(28)26(15)6-14-8-30-12-24-14/h3-4,8,12,16,27H,5-7,9-11H2,1-2H3,(H,22,23)/t16-,21-/m1/s1. The Bertz CT molecular complexity index is 1010. The van der Waals surface area contributed by atoms with Crippen molar-refractivity contribution in [3.8, 4) is 0 Å². The van der Waals surface area contributed by atoms with Gasteiger partial charge < -0.3 is 20.2 Å². The van der Waals surface area contributed by atoms with Crippen molar-refractivity contribution in [3.05, 3.63) is 34.4 Å². The van der Waals surface area contributed by atoms with Gasteiger partial charge in [0.25, 0.3) is 5.91 Å². The molecule has 2 aromatic rings. The van der Waals surface area contributed by atoms with Crippen molar-refractivity contribution in [2.45, 2.75) is 26.8 Å². The van der Waals surface area contributed by atoms with Crippen molar-refractivity contribution in [2.75, 3.05) is 36.5 Å². The Morgan fingerprint density at radius 1 is 1.40 bits per heavy atom. The Morgan fingerprint density at radius 3 is 2.90 bits per heavy atom. The van der Waals surface area contributed by atoms with Crippen LogP contribution in [0.4, 0.5) is 11.5 Å². The SMILES string of the molecule is CC1(C)C[C@]2(CO)CN(C(=O)c3cnc4c(c3)N(Cc3cscn3)C(=O)CN4)C[C@H]12. The van der Waals surface area contributed by atoms with Gasteiger partial charge in [-0.15, -0.1) is 11.3 Å². The third kappa shape index (κ3) is 2.91. The van der Waals surface area contributed by atoms with Gasteiger partial charge in [0, 0.05) is 30.1 Å². The molecule has 30 heavy (non-hydrogen) atoms. The van der Waals surface area contributed by atoms with Crippen LogP contribution in [0.3, 0.4) is 0 Å². The second-order valence-corrected chi connectivity index (χ2v) is 10.0. The lowest BCUT2D eigenvalue weighted by atomic mass is 9.48. The monoisotopic (exact) mass is 427 g/mol. The van der Waals surface area contributed by atoms with Crippen molar-refractivity contribution in [1.82, 2.24) is 14.9 Å². The minimum Gasteiger partial charge on any atom is -0.396 e. The molecule has 0 aromatic carbocycles. The minimum absolute atomic E-state index is 0.0814. The highest BCUT2D eigenvalue weighted by Gasteiger charge is 2.63. The molecule has 1 saturated carbocycles. The number of carbonyl (C=O) groups excluding carboxylic acids is 2. The number of hydrogen-bond acceptors (Lipinski definition) is 7. The predicted molar refractivity (Wildman–Crippen MR) is 113 cm³/mol. The van der Waals surface area contributed by atoms with E-state index in [1.807, 2.05) is 10.3 Å². The number of amides is 2. The highest BCUT2D eigenvalue weighted by atomic mass is 32.1. The maximum Gasteiger partial charge on any atom is 0.255 e. The first kappa shape index (κ1) is 19.4. The summed E-state index contributed by atoms with van der Waals surface area (Å²) >= 11 is 1.48. The van der Waals surface area contributed by atoms with Crippen molar-refractivity contribution in [2.24, 2.45) is 16.7 Å². The Morgan fingerprint density at radius 2 is 2.23 bits per heavy atom. The summed E-state index contributed by atoms with van der Waals surface area (Å²) in [5.41, 5.74) is 3.55. The number of pyridine rings is 1. The minimum atomic E-state index is -0.186. The molecule has 1 aliphatic carbocycles. The van der Waals surface area contributed by atoms with Crippen molar-refractivity contribution >= 4 is 34.7 Å². The number of nitrogens with zero attached hydrogens (tertiary/aromatic N) is 4. The van der Waals surface area contributed by atoms with Crippen LogP contribution in [0.25, 0.3) is 0 Å². The number of nitrogens with one attached hydrogen (secondary N) is 1. The number of carbonyl (C=O) groups is 2. The van der Waals surface area contributed by atoms with Gasteiger partial charge in [-0.1, -0.05) is 13.8 Å². The van der Waals surface area contributed by atoms with Crippen LogP contribution in [0.5, 0.6) is 0 Å². The summed E-state index contributed by atoms with van der Waals surface area (Å²) in [6, 6.07) is 1.75. The topological polar surface area (TPSA) is 98.7 Å². The summed E-state index contributed by atoms with van der Waals surface area (Å²) in [5, 5.41) is 14.9. The van der Waals surface area contributed by atoms with E-state index in [0.717, 1.165) is 12.1 Å². The van der Waals surface area contributed by atoms with E-state index in [-0.39, 0.29) is 35.8 Å². The fourth-order valence-electron chi connectivity index (χ4n) is 5.63. The molecular formula is C21H25N5O3S. The summed E-state index contributed by atoms with van der Waals surface area (Å²) in [6.07, 6.45) is 2.50. The molecule has 2 N–H and O–H groups in total. The van der Waals surface area contributed by atoms with Gasteiger partial charge in [0.05, 0.1) is 42.2 Å². The van der Waals surface area contributed by atoms with Crippen LogP contribution in [0.1, 0.15) is 36.3 Å². The number of aliphatic hydroxyl groups excluding tert-OH is 1. The number of aromatic nitrogens is 2. The number of anilines is 2. The molecular weight excluding hydrogens is 402 g/mol. The van der Waals surface area contributed by atoms with E-state index in [9.17, 15) is 14.7 Å². The highest BCUT2D eigenvalue weighted by Crippen LogP contribution is 2.62. The van der Waals surface area contributed by atoms with Crippen LogP contribution in [-0.2, 0) is 11.3 Å². The van der Waals surface area contributed by atoms with E-state index in [4.69, 9.17) is 0 Å². The molecule has 2 aromatic heterocycles. The van der Waals surface area contributed by atoms with Gasteiger partial charge in [-0.3, -0.25) is 9.59 Å². The lowest BCUT2D eigenvalue weighted by molar-refractivity contribution is -0.117. The number of aliphatic hydroxyl groups is 1. The van der Waals surface area contributed by atoms with E-state index in [1.165, 1.54) is 11.3 Å². The fourth-order valence-corrected chi connectivity index (χ4v) is 6.18. The van der Waals surface area contributed by atoms with E-state index in [1.54, 1.807) is 22.7 Å². The average molecular weight is 428 g/mol. The summed E-state index contributed by atoms with van der Waals surface area (Å²) in [4.78, 5) is 38.0.